The first-order valence-electron chi connectivity index (χ1n) is 6.30. The van der Waals surface area contributed by atoms with E-state index in [1.54, 1.807) is 0 Å². The minimum Gasteiger partial charge on any atom is -0.369 e. The summed E-state index contributed by atoms with van der Waals surface area (Å²) >= 11 is 3.56. The van der Waals surface area contributed by atoms with Crippen LogP contribution in [-0.2, 0) is 6.54 Å². The summed E-state index contributed by atoms with van der Waals surface area (Å²) in [7, 11) is 0. The predicted octanol–water partition coefficient (Wildman–Crippen LogP) is 3.55. The van der Waals surface area contributed by atoms with Crippen molar-refractivity contribution in [2.24, 2.45) is 0 Å². The second-order valence-corrected chi connectivity index (χ2v) is 6.35. The van der Waals surface area contributed by atoms with Gasteiger partial charge in [0.2, 0.25) is 0 Å². The standard InChI is InChI=1S/C14H21BrN2/c1-4-7-17-10-14(2,3)16-9-11-8-12(15)5-6-13(11)17/h5-6,8,16H,4,7,9-10H2,1-3H3. The van der Waals surface area contributed by atoms with E-state index >= 15 is 0 Å². The molecule has 1 aromatic rings. The molecule has 17 heavy (non-hydrogen) atoms. The van der Waals surface area contributed by atoms with Gasteiger partial charge in [-0.25, -0.2) is 0 Å². The van der Waals surface area contributed by atoms with E-state index in [1.807, 2.05) is 0 Å². The molecule has 0 fully saturated rings. The number of halogens is 1. The average molecular weight is 297 g/mol. The number of hydrogen-bond acceptors (Lipinski definition) is 2. The van der Waals surface area contributed by atoms with E-state index in [1.165, 1.54) is 17.7 Å². The highest BCUT2D eigenvalue weighted by atomic mass is 79.9. The van der Waals surface area contributed by atoms with Crippen LogP contribution in [0.25, 0.3) is 0 Å². The van der Waals surface area contributed by atoms with Crippen molar-refractivity contribution >= 4 is 21.6 Å². The number of nitrogens with zero attached hydrogens (tertiary/aromatic N) is 1. The number of rotatable bonds is 2. The van der Waals surface area contributed by atoms with Gasteiger partial charge in [-0.05, 0) is 44.0 Å². The fourth-order valence-electron chi connectivity index (χ4n) is 2.43. The van der Waals surface area contributed by atoms with E-state index < -0.39 is 0 Å². The van der Waals surface area contributed by atoms with E-state index in [0.29, 0.717) is 0 Å². The lowest BCUT2D eigenvalue weighted by Gasteiger charge is -2.31. The molecule has 1 aliphatic rings. The van der Waals surface area contributed by atoms with Crippen molar-refractivity contribution in [3.05, 3.63) is 28.2 Å². The summed E-state index contributed by atoms with van der Waals surface area (Å²) in [5.74, 6) is 0. The first-order valence-corrected chi connectivity index (χ1v) is 7.09. The molecule has 0 aliphatic carbocycles. The Hall–Kier alpha value is -0.540. The second kappa shape index (κ2) is 4.99. The highest BCUT2D eigenvalue weighted by Gasteiger charge is 2.26. The van der Waals surface area contributed by atoms with Crippen LogP contribution in [0.3, 0.4) is 0 Å². The first-order chi connectivity index (χ1) is 8.02. The Labute approximate surface area is 113 Å². The van der Waals surface area contributed by atoms with Gasteiger partial charge in [-0.3, -0.25) is 0 Å². The summed E-state index contributed by atoms with van der Waals surface area (Å²) in [6.45, 7) is 9.92. The van der Waals surface area contributed by atoms with Gasteiger partial charge in [0.25, 0.3) is 0 Å². The van der Waals surface area contributed by atoms with E-state index in [9.17, 15) is 0 Å². The van der Waals surface area contributed by atoms with Crippen LogP contribution in [0.2, 0.25) is 0 Å². The smallest absolute Gasteiger partial charge is 0.0413 e. The van der Waals surface area contributed by atoms with E-state index in [-0.39, 0.29) is 5.54 Å². The number of benzene rings is 1. The maximum atomic E-state index is 3.63. The Bertz CT molecular complexity index is 401. The number of anilines is 1. The summed E-state index contributed by atoms with van der Waals surface area (Å²) < 4.78 is 1.16. The van der Waals surface area contributed by atoms with Crippen molar-refractivity contribution in [2.45, 2.75) is 39.3 Å². The van der Waals surface area contributed by atoms with E-state index in [4.69, 9.17) is 0 Å². The quantitative estimate of drug-likeness (QED) is 0.898. The van der Waals surface area contributed by atoms with Gasteiger partial charge in [0, 0.05) is 35.3 Å². The highest BCUT2D eigenvalue weighted by molar-refractivity contribution is 9.10. The third-order valence-electron chi connectivity index (χ3n) is 3.22. The van der Waals surface area contributed by atoms with Crippen LogP contribution >= 0.6 is 15.9 Å². The van der Waals surface area contributed by atoms with Gasteiger partial charge in [-0.1, -0.05) is 22.9 Å². The van der Waals surface area contributed by atoms with Gasteiger partial charge in [-0.2, -0.15) is 0 Å². The Morgan fingerprint density at radius 1 is 1.41 bits per heavy atom. The summed E-state index contributed by atoms with van der Waals surface area (Å²) in [5, 5.41) is 3.63. The molecule has 1 aromatic carbocycles. The van der Waals surface area contributed by atoms with Crippen LogP contribution in [0.4, 0.5) is 5.69 Å². The molecule has 1 heterocycles. The Kier molecular flexibility index (Phi) is 3.79. The van der Waals surface area contributed by atoms with Crippen LogP contribution in [0, 0.1) is 0 Å². The summed E-state index contributed by atoms with van der Waals surface area (Å²) in [5.41, 5.74) is 2.94. The monoisotopic (exact) mass is 296 g/mol. The normalized spacial score (nSPS) is 18.7. The molecule has 0 amide bonds. The van der Waals surface area contributed by atoms with Gasteiger partial charge in [-0.15, -0.1) is 0 Å². The zero-order valence-electron chi connectivity index (χ0n) is 10.9. The highest BCUT2D eigenvalue weighted by Crippen LogP contribution is 2.29. The molecule has 1 N–H and O–H groups in total. The molecule has 0 aromatic heterocycles. The lowest BCUT2D eigenvalue weighted by atomic mass is 10.1. The fraction of sp³-hybridized carbons (Fsp3) is 0.571. The Morgan fingerprint density at radius 2 is 2.18 bits per heavy atom. The molecule has 94 valence electrons. The molecule has 0 spiro atoms. The van der Waals surface area contributed by atoms with Crippen molar-refractivity contribution in [3.8, 4) is 0 Å². The van der Waals surface area contributed by atoms with E-state index in [0.717, 1.165) is 24.1 Å². The van der Waals surface area contributed by atoms with Crippen molar-refractivity contribution in [3.63, 3.8) is 0 Å². The molecule has 3 heteroatoms. The second-order valence-electron chi connectivity index (χ2n) is 5.43. The molecular weight excluding hydrogens is 276 g/mol. The average Bonchev–Trinajstić information content (AvgIpc) is 2.37. The molecule has 0 radical (unpaired) electrons. The maximum Gasteiger partial charge on any atom is 0.0413 e. The molecule has 0 unspecified atom stereocenters. The minimum absolute atomic E-state index is 0.167. The number of nitrogens with one attached hydrogen (secondary N) is 1. The third-order valence-corrected chi connectivity index (χ3v) is 3.71. The van der Waals surface area contributed by atoms with Gasteiger partial charge in [0.15, 0.2) is 0 Å². The van der Waals surface area contributed by atoms with Crippen LogP contribution in [0.1, 0.15) is 32.8 Å². The Balaban J connectivity index is 2.37. The lowest BCUT2D eigenvalue weighted by Crippen LogP contribution is -2.46. The summed E-state index contributed by atoms with van der Waals surface area (Å²) in [6, 6.07) is 6.60. The first kappa shape index (κ1) is 12.9. The molecule has 0 saturated carbocycles. The predicted molar refractivity (Wildman–Crippen MR) is 77.6 cm³/mol. The van der Waals surface area contributed by atoms with Crippen LogP contribution < -0.4 is 10.2 Å². The summed E-state index contributed by atoms with van der Waals surface area (Å²) in [4.78, 5) is 2.50. The molecule has 1 aliphatic heterocycles. The molecule has 0 saturated heterocycles. The van der Waals surface area contributed by atoms with Crippen LogP contribution in [0.15, 0.2) is 22.7 Å². The lowest BCUT2D eigenvalue weighted by molar-refractivity contribution is 0.395. The van der Waals surface area contributed by atoms with E-state index in [2.05, 4.69) is 65.1 Å². The number of hydrogen-bond donors (Lipinski definition) is 1. The Morgan fingerprint density at radius 3 is 2.88 bits per heavy atom. The largest absolute Gasteiger partial charge is 0.369 e. The number of fused-ring (bicyclic) bond motifs is 1. The van der Waals surface area contributed by atoms with Crippen molar-refractivity contribution in [2.75, 3.05) is 18.0 Å². The molecular formula is C14H21BrN2. The summed E-state index contributed by atoms with van der Waals surface area (Å²) in [6.07, 6.45) is 1.19. The zero-order chi connectivity index (χ0) is 12.5. The fourth-order valence-corrected chi connectivity index (χ4v) is 2.83. The molecule has 2 rings (SSSR count). The zero-order valence-corrected chi connectivity index (χ0v) is 12.5. The van der Waals surface area contributed by atoms with Crippen LogP contribution in [-0.4, -0.2) is 18.6 Å². The molecule has 2 nitrogen and oxygen atoms in total. The maximum absolute atomic E-state index is 3.63. The topological polar surface area (TPSA) is 15.3 Å². The molecule has 0 bridgehead atoms. The van der Waals surface area contributed by atoms with Crippen LogP contribution in [0.5, 0.6) is 0 Å². The SMILES string of the molecule is CCCN1CC(C)(C)NCc2cc(Br)ccc21. The van der Waals surface area contributed by atoms with Gasteiger partial charge < -0.3 is 10.2 Å². The minimum atomic E-state index is 0.167. The van der Waals surface area contributed by atoms with Crippen molar-refractivity contribution in [1.82, 2.24) is 5.32 Å². The third kappa shape index (κ3) is 3.02. The van der Waals surface area contributed by atoms with Gasteiger partial charge in [0.05, 0.1) is 0 Å². The molecule has 0 atom stereocenters. The van der Waals surface area contributed by atoms with Gasteiger partial charge in [0.1, 0.15) is 0 Å². The van der Waals surface area contributed by atoms with Crippen molar-refractivity contribution < 1.29 is 0 Å². The van der Waals surface area contributed by atoms with Gasteiger partial charge >= 0.3 is 0 Å². The van der Waals surface area contributed by atoms with Crippen molar-refractivity contribution in [1.29, 1.82) is 0 Å².